The molecule has 1 aromatic heterocycles. The van der Waals surface area contributed by atoms with Gasteiger partial charge < -0.3 is 10.2 Å². The highest BCUT2D eigenvalue weighted by molar-refractivity contribution is 5.61. The van der Waals surface area contributed by atoms with Crippen LogP contribution in [0.15, 0.2) is 0 Å². The number of piperidine rings is 1. The normalized spacial score (nSPS) is 18.7. The minimum absolute atomic E-state index is 0.148. The predicted octanol–water partition coefficient (Wildman–Crippen LogP) is 1.85. The standard InChI is InChI=1S/C14H25N5O2/c1-4-8-18(10-12-6-5-7-15-9-12)14-13(19(20)21)11(2)16-17(14)3/h12,15H,4-10H2,1-3H3. The van der Waals surface area contributed by atoms with Crippen molar-refractivity contribution in [3.05, 3.63) is 15.8 Å². The van der Waals surface area contributed by atoms with E-state index in [2.05, 4.69) is 22.2 Å². The predicted molar refractivity (Wildman–Crippen MR) is 82.7 cm³/mol. The van der Waals surface area contributed by atoms with E-state index in [1.54, 1.807) is 18.7 Å². The van der Waals surface area contributed by atoms with Crippen LogP contribution in [0.5, 0.6) is 0 Å². The molecular formula is C14H25N5O2. The van der Waals surface area contributed by atoms with Crippen LogP contribution in [0.2, 0.25) is 0 Å². The molecule has 1 atom stereocenters. The average Bonchev–Trinajstić information content (AvgIpc) is 2.74. The summed E-state index contributed by atoms with van der Waals surface area (Å²) in [5, 5.41) is 19.0. The number of hydrogen-bond acceptors (Lipinski definition) is 5. The zero-order chi connectivity index (χ0) is 15.4. The molecule has 118 valence electrons. The lowest BCUT2D eigenvalue weighted by Gasteiger charge is -2.30. The maximum absolute atomic E-state index is 11.4. The Morgan fingerprint density at radius 3 is 2.90 bits per heavy atom. The molecular weight excluding hydrogens is 270 g/mol. The van der Waals surface area contributed by atoms with E-state index in [0.29, 0.717) is 17.4 Å². The van der Waals surface area contributed by atoms with Gasteiger partial charge in [-0.15, -0.1) is 0 Å². The minimum Gasteiger partial charge on any atom is -0.351 e. The molecule has 0 bridgehead atoms. The summed E-state index contributed by atoms with van der Waals surface area (Å²) in [6.07, 6.45) is 3.32. The van der Waals surface area contributed by atoms with Crippen LogP contribution < -0.4 is 10.2 Å². The molecule has 0 radical (unpaired) electrons. The summed E-state index contributed by atoms with van der Waals surface area (Å²) in [6, 6.07) is 0. The minimum atomic E-state index is -0.306. The van der Waals surface area contributed by atoms with Gasteiger partial charge in [0.05, 0.1) is 4.92 Å². The van der Waals surface area contributed by atoms with E-state index in [-0.39, 0.29) is 10.6 Å². The zero-order valence-corrected chi connectivity index (χ0v) is 13.1. The van der Waals surface area contributed by atoms with Gasteiger partial charge in [-0.3, -0.25) is 10.1 Å². The van der Waals surface area contributed by atoms with Crippen LogP contribution in [0, 0.1) is 23.0 Å². The van der Waals surface area contributed by atoms with Gasteiger partial charge >= 0.3 is 5.69 Å². The molecule has 21 heavy (non-hydrogen) atoms. The number of nitrogens with zero attached hydrogens (tertiary/aromatic N) is 4. The first kappa shape index (κ1) is 15.8. The van der Waals surface area contributed by atoms with Gasteiger partial charge in [0, 0.05) is 20.1 Å². The van der Waals surface area contributed by atoms with Crippen LogP contribution in [0.4, 0.5) is 11.5 Å². The summed E-state index contributed by atoms with van der Waals surface area (Å²) in [6.45, 7) is 7.53. The van der Waals surface area contributed by atoms with Crippen LogP contribution >= 0.6 is 0 Å². The second-order valence-electron chi connectivity index (χ2n) is 5.80. The van der Waals surface area contributed by atoms with Gasteiger partial charge in [0.25, 0.3) is 0 Å². The van der Waals surface area contributed by atoms with Gasteiger partial charge in [0.2, 0.25) is 5.82 Å². The quantitative estimate of drug-likeness (QED) is 0.640. The second kappa shape index (κ2) is 6.89. The molecule has 0 saturated carbocycles. The summed E-state index contributed by atoms with van der Waals surface area (Å²) >= 11 is 0. The van der Waals surface area contributed by atoms with Crippen molar-refractivity contribution >= 4 is 11.5 Å². The Bertz CT molecular complexity index is 494. The van der Waals surface area contributed by atoms with Crippen molar-refractivity contribution < 1.29 is 4.92 Å². The highest BCUT2D eigenvalue weighted by atomic mass is 16.6. The van der Waals surface area contributed by atoms with E-state index >= 15 is 0 Å². The molecule has 2 rings (SSSR count). The number of aryl methyl sites for hydroxylation is 2. The number of rotatable bonds is 6. The highest BCUT2D eigenvalue weighted by Gasteiger charge is 2.29. The Balaban J connectivity index is 2.26. The maximum Gasteiger partial charge on any atom is 0.333 e. The monoisotopic (exact) mass is 295 g/mol. The van der Waals surface area contributed by atoms with Crippen LogP contribution in [-0.4, -0.2) is 40.9 Å². The molecule has 0 spiro atoms. The topological polar surface area (TPSA) is 76.2 Å². The van der Waals surface area contributed by atoms with Gasteiger partial charge in [0.1, 0.15) is 5.69 Å². The molecule has 1 aromatic rings. The second-order valence-corrected chi connectivity index (χ2v) is 5.80. The van der Waals surface area contributed by atoms with E-state index < -0.39 is 0 Å². The Kier molecular flexibility index (Phi) is 5.17. The molecule has 0 aromatic carbocycles. The largest absolute Gasteiger partial charge is 0.351 e. The summed E-state index contributed by atoms with van der Waals surface area (Å²) in [5.74, 6) is 1.19. The van der Waals surface area contributed by atoms with Crippen molar-refractivity contribution in [2.45, 2.75) is 33.1 Å². The van der Waals surface area contributed by atoms with Crippen molar-refractivity contribution in [1.29, 1.82) is 0 Å². The Hall–Kier alpha value is -1.63. The van der Waals surface area contributed by atoms with E-state index in [9.17, 15) is 10.1 Å². The highest BCUT2D eigenvalue weighted by Crippen LogP contribution is 2.32. The Morgan fingerprint density at radius 2 is 2.33 bits per heavy atom. The van der Waals surface area contributed by atoms with Crippen LogP contribution in [-0.2, 0) is 7.05 Å². The van der Waals surface area contributed by atoms with Gasteiger partial charge in [0.15, 0.2) is 0 Å². The zero-order valence-electron chi connectivity index (χ0n) is 13.1. The van der Waals surface area contributed by atoms with Crippen molar-refractivity contribution in [2.24, 2.45) is 13.0 Å². The molecule has 1 saturated heterocycles. The lowest BCUT2D eigenvalue weighted by atomic mass is 9.99. The van der Waals surface area contributed by atoms with Crippen LogP contribution in [0.3, 0.4) is 0 Å². The molecule has 7 heteroatoms. The number of anilines is 1. The molecule has 7 nitrogen and oxygen atoms in total. The number of aromatic nitrogens is 2. The van der Waals surface area contributed by atoms with E-state index in [1.807, 2.05) is 0 Å². The van der Waals surface area contributed by atoms with E-state index in [4.69, 9.17) is 0 Å². The van der Waals surface area contributed by atoms with Crippen molar-refractivity contribution in [1.82, 2.24) is 15.1 Å². The molecule has 1 aliphatic heterocycles. The SMILES string of the molecule is CCCN(CC1CCCNC1)c1c([N+](=O)[O-])c(C)nn1C. The first-order chi connectivity index (χ1) is 10.0. The first-order valence-electron chi connectivity index (χ1n) is 7.68. The van der Waals surface area contributed by atoms with Crippen LogP contribution in [0.1, 0.15) is 31.9 Å². The van der Waals surface area contributed by atoms with Gasteiger partial charge in [-0.05, 0) is 45.2 Å². The third kappa shape index (κ3) is 3.53. The van der Waals surface area contributed by atoms with Crippen LogP contribution in [0.25, 0.3) is 0 Å². The molecule has 0 aliphatic carbocycles. The van der Waals surface area contributed by atoms with Crippen molar-refractivity contribution in [2.75, 3.05) is 31.1 Å². The summed E-state index contributed by atoms with van der Waals surface area (Å²) < 4.78 is 1.65. The molecule has 2 heterocycles. The Labute approximate surface area is 125 Å². The fourth-order valence-corrected chi connectivity index (χ4v) is 3.15. The molecule has 1 fully saturated rings. The first-order valence-corrected chi connectivity index (χ1v) is 7.68. The lowest BCUT2D eigenvalue weighted by molar-refractivity contribution is -0.384. The number of nitro groups is 1. The van der Waals surface area contributed by atoms with Gasteiger partial charge in [-0.25, -0.2) is 4.68 Å². The van der Waals surface area contributed by atoms with E-state index in [1.165, 1.54) is 12.8 Å². The van der Waals surface area contributed by atoms with Crippen molar-refractivity contribution in [3.63, 3.8) is 0 Å². The fourth-order valence-electron chi connectivity index (χ4n) is 3.15. The molecule has 1 aliphatic rings. The smallest absolute Gasteiger partial charge is 0.333 e. The van der Waals surface area contributed by atoms with Gasteiger partial charge in [-0.2, -0.15) is 5.10 Å². The van der Waals surface area contributed by atoms with E-state index in [0.717, 1.165) is 32.6 Å². The number of hydrogen-bond donors (Lipinski definition) is 1. The summed E-state index contributed by atoms with van der Waals surface area (Å²) in [5.41, 5.74) is 0.634. The third-order valence-corrected chi connectivity index (χ3v) is 4.01. The Morgan fingerprint density at radius 1 is 1.57 bits per heavy atom. The maximum atomic E-state index is 11.4. The van der Waals surface area contributed by atoms with Gasteiger partial charge in [-0.1, -0.05) is 6.92 Å². The number of nitrogens with one attached hydrogen (secondary N) is 1. The average molecular weight is 295 g/mol. The summed E-state index contributed by atoms with van der Waals surface area (Å²) in [7, 11) is 1.79. The molecule has 0 amide bonds. The summed E-state index contributed by atoms with van der Waals surface area (Å²) in [4.78, 5) is 13.2. The van der Waals surface area contributed by atoms with Crippen molar-refractivity contribution in [3.8, 4) is 0 Å². The third-order valence-electron chi connectivity index (χ3n) is 4.01. The fraction of sp³-hybridized carbons (Fsp3) is 0.786. The molecule has 1 N–H and O–H groups in total. The molecule has 1 unspecified atom stereocenters. The lowest BCUT2D eigenvalue weighted by Crippen LogP contribution is -2.39.